The van der Waals surface area contributed by atoms with Crippen LogP contribution in [0.15, 0.2) is 24.3 Å². The van der Waals surface area contributed by atoms with Gasteiger partial charge in [-0.1, -0.05) is 32.0 Å². The fourth-order valence-electron chi connectivity index (χ4n) is 3.01. The summed E-state index contributed by atoms with van der Waals surface area (Å²) in [5, 5.41) is 2.93. The number of benzene rings is 1. The first-order valence-electron chi connectivity index (χ1n) is 8.78. The standard InChI is InChI=1S/C19H28N2O3/c1-4-12-21(13-5-2)18(23)19(10-11-19)17(22)20-14-15-8-6-7-9-16(15)24-3/h6-9H,4-5,10-14H2,1-3H3,(H,20,22). The molecule has 0 heterocycles. The molecule has 24 heavy (non-hydrogen) atoms. The van der Waals surface area contributed by atoms with Crippen LogP contribution in [0.1, 0.15) is 45.1 Å². The molecule has 1 N–H and O–H groups in total. The molecule has 5 heteroatoms. The Morgan fingerprint density at radius 3 is 2.33 bits per heavy atom. The number of rotatable bonds is 9. The van der Waals surface area contributed by atoms with E-state index in [0.29, 0.717) is 32.5 Å². The van der Waals surface area contributed by atoms with Crippen LogP contribution >= 0.6 is 0 Å². The zero-order valence-electron chi connectivity index (χ0n) is 14.9. The predicted molar refractivity (Wildman–Crippen MR) is 93.7 cm³/mol. The van der Waals surface area contributed by atoms with Crippen LogP contribution < -0.4 is 10.1 Å². The second-order valence-corrected chi connectivity index (χ2v) is 6.37. The van der Waals surface area contributed by atoms with Crippen molar-refractivity contribution in [1.82, 2.24) is 10.2 Å². The molecule has 0 spiro atoms. The molecule has 1 aromatic carbocycles. The van der Waals surface area contributed by atoms with Gasteiger partial charge >= 0.3 is 0 Å². The minimum absolute atomic E-state index is 0.0104. The molecule has 0 saturated heterocycles. The van der Waals surface area contributed by atoms with Crippen LogP contribution in [0, 0.1) is 5.41 Å². The van der Waals surface area contributed by atoms with Crippen LogP contribution in [0.3, 0.4) is 0 Å². The number of ether oxygens (including phenoxy) is 1. The summed E-state index contributed by atoms with van der Waals surface area (Å²) < 4.78 is 5.30. The van der Waals surface area contributed by atoms with Crippen LogP contribution in [0.25, 0.3) is 0 Å². The number of hydrogen-bond donors (Lipinski definition) is 1. The van der Waals surface area contributed by atoms with E-state index in [1.54, 1.807) is 7.11 Å². The molecule has 1 aromatic rings. The third-order valence-corrected chi connectivity index (χ3v) is 4.50. The van der Waals surface area contributed by atoms with Gasteiger partial charge in [-0.2, -0.15) is 0 Å². The Hall–Kier alpha value is -2.04. The van der Waals surface area contributed by atoms with E-state index in [9.17, 15) is 9.59 Å². The second kappa shape index (κ2) is 8.18. The van der Waals surface area contributed by atoms with Crippen molar-refractivity contribution in [1.29, 1.82) is 0 Å². The van der Waals surface area contributed by atoms with Crippen molar-refractivity contribution in [3.05, 3.63) is 29.8 Å². The molecular formula is C19H28N2O3. The summed E-state index contributed by atoms with van der Waals surface area (Å²) >= 11 is 0. The van der Waals surface area contributed by atoms with Crippen molar-refractivity contribution in [2.45, 2.75) is 46.1 Å². The first kappa shape index (κ1) is 18.3. The quantitative estimate of drug-likeness (QED) is 0.707. The highest BCUT2D eigenvalue weighted by molar-refractivity contribution is 6.07. The fourth-order valence-corrected chi connectivity index (χ4v) is 3.01. The van der Waals surface area contributed by atoms with Gasteiger partial charge in [0.1, 0.15) is 11.2 Å². The molecule has 0 aromatic heterocycles. The number of amides is 2. The molecule has 0 aliphatic heterocycles. The van der Waals surface area contributed by atoms with E-state index in [-0.39, 0.29) is 11.8 Å². The minimum atomic E-state index is -0.841. The predicted octanol–water partition coefficient (Wildman–Crippen LogP) is 2.74. The molecule has 132 valence electrons. The van der Waals surface area contributed by atoms with Crippen molar-refractivity contribution in [2.75, 3.05) is 20.2 Å². The Balaban J connectivity index is 2.01. The number of nitrogens with zero attached hydrogens (tertiary/aromatic N) is 1. The van der Waals surface area contributed by atoms with Gasteiger partial charge in [-0.25, -0.2) is 0 Å². The number of carbonyl (C=O) groups is 2. The van der Waals surface area contributed by atoms with E-state index in [0.717, 1.165) is 24.2 Å². The summed E-state index contributed by atoms with van der Waals surface area (Å²) in [5.74, 6) is 0.576. The van der Waals surface area contributed by atoms with Crippen LogP contribution in [0.4, 0.5) is 0 Å². The average Bonchev–Trinajstić information content (AvgIpc) is 3.41. The van der Waals surface area contributed by atoms with Crippen LogP contribution in [0.2, 0.25) is 0 Å². The van der Waals surface area contributed by atoms with Gasteiger partial charge < -0.3 is 15.0 Å². The van der Waals surface area contributed by atoms with E-state index in [4.69, 9.17) is 4.74 Å². The average molecular weight is 332 g/mol. The number of hydrogen-bond acceptors (Lipinski definition) is 3. The van der Waals surface area contributed by atoms with Crippen molar-refractivity contribution in [2.24, 2.45) is 5.41 Å². The molecule has 1 saturated carbocycles. The first-order chi connectivity index (χ1) is 11.6. The minimum Gasteiger partial charge on any atom is -0.496 e. The Morgan fingerprint density at radius 1 is 1.17 bits per heavy atom. The maximum atomic E-state index is 12.8. The third-order valence-electron chi connectivity index (χ3n) is 4.50. The lowest BCUT2D eigenvalue weighted by Crippen LogP contribution is -2.45. The Kier molecular flexibility index (Phi) is 6.23. The lowest BCUT2D eigenvalue weighted by molar-refractivity contribution is -0.144. The van der Waals surface area contributed by atoms with E-state index in [1.807, 2.05) is 29.2 Å². The van der Waals surface area contributed by atoms with Gasteiger partial charge in [-0.3, -0.25) is 9.59 Å². The zero-order chi connectivity index (χ0) is 17.6. The van der Waals surface area contributed by atoms with Gasteiger partial charge in [-0.05, 0) is 31.7 Å². The van der Waals surface area contributed by atoms with Crippen LogP contribution in [-0.2, 0) is 16.1 Å². The molecule has 0 atom stereocenters. The Morgan fingerprint density at radius 2 is 1.79 bits per heavy atom. The van der Waals surface area contributed by atoms with E-state index >= 15 is 0 Å². The molecule has 0 radical (unpaired) electrons. The normalized spacial score (nSPS) is 14.8. The summed E-state index contributed by atoms with van der Waals surface area (Å²) in [4.78, 5) is 27.3. The van der Waals surface area contributed by atoms with Gasteiger partial charge in [0.25, 0.3) is 0 Å². The SMILES string of the molecule is CCCN(CCC)C(=O)C1(C(=O)NCc2ccccc2OC)CC1. The maximum absolute atomic E-state index is 12.8. The van der Waals surface area contributed by atoms with Gasteiger partial charge in [-0.15, -0.1) is 0 Å². The molecule has 1 aliphatic carbocycles. The molecule has 0 unspecified atom stereocenters. The van der Waals surface area contributed by atoms with Crippen molar-refractivity contribution < 1.29 is 14.3 Å². The van der Waals surface area contributed by atoms with Gasteiger partial charge in [0.2, 0.25) is 11.8 Å². The third kappa shape index (κ3) is 3.89. The summed E-state index contributed by atoms with van der Waals surface area (Å²) in [6.07, 6.45) is 3.11. The molecule has 5 nitrogen and oxygen atoms in total. The topological polar surface area (TPSA) is 58.6 Å². The van der Waals surface area contributed by atoms with Crippen molar-refractivity contribution in [3.8, 4) is 5.75 Å². The number of para-hydroxylation sites is 1. The van der Waals surface area contributed by atoms with Gasteiger partial charge in [0, 0.05) is 25.2 Å². The zero-order valence-corrected chi connectivity index (χ0v) is 14.9. The summed E-state index contributed by atoms with van der Waals surface area (Å²) in [5.41, 5.74) is 0.0716. The van der Waals surface area contributed by atoms with E-state index in [1.165, 1.54) is 0 Å². The molecule has 2 amide bonds. The monoisotopic (exact) mass is 332 g/mol. The van der Waals surface area contributed by atoms with Gasteiger partial charge in [0.15, 0.2) is 0 Å². The van der Waals surface area contributed by atoms with Crippen molar-refractivity contribution in [3.63, 3.8) is 0 Å². The molecule has 0 bridgehead atoms. The number of nitrogens with one attached hydrogen (secondary N) is 1. The highest BCUT2D eigenvalue weighted by Crippen LogP contribution is 2.47. The maximum Gasteiger partial charge on any atom is 0.238 e. The Labute approximate surface area is 144 Å². The molecule has 2 rings (SSSR count). The van der Waals surface area contributed by atoms with Crippen LogP contribution in [-0.4, -0.2) is 36.9 Å². The summed E-state index contributed by atoms with van der Waals surface area (Å²) in [7, 11) is 1.61. The number of methoxy groups -OCH3 is 1. The largest absolute Gasteiger partial charge is 0.496 e. The van der Waals surface area contributed by atoms with Crippen LogP contribution in [0.5, 0.6) is 5.75 Å². The summed E-state index contributed by atoms with van der Waals surface area (Å²) in [6, 6.07) is 7.58. The number of carbonyl (C=O) groups excluding carboxylic acids is 2. The fraction of sp³-hybridized carbons (Fsp3) is 0.579. The van der Waals surface area contributed by atoms with Crippen molar-refractivity contribution >= 4 is 11.8 Å². The highest BCUT2D eigenvalue weighted by atomic mass is 16.5. The van der Waals surface area contributed by atoms with Gasteiger partial charge in [0.05, 0.1) is 7.11 Å². The lowest BCUT2D eigenvalue weighted by atomic mass is 10.0. The Bertz CT molecular complexity index is 576. The smallest absolute Gasteiger partial charge is 0.238 e. The molecule has 1 fully saturated rings. The molecular weight excluding hydrogens is 304 g/mol. The first-order valence-corrected chi connectivity index (χ1v) is 8.78. The van der Waals surface area contributed by atoms with E-state index < -0.39 is 5.41 Å². The molecule has 1 aliphatic rings. The highest BCUT2D eigenvalue weighted by Gasteiger charge is 2.57. The van der Waals surface area contributed by atoms with E-state index in [2.05, 4.69) is 19.2 Å². The summed E-state index contributed by atoms with van der Waals surface area (Å²) in [6.45, 7) is 5.91. The second-order valence-electron chi connectivity index (χ2n) is 6.37. The lowest BCUT2D eigenvalue weighted by Gasteiger charge is -2.26.